The molecule has 18 heavy (non-hydrogen) atoms. The Bertz CT molecular complexity index is 595. The van der Waals surface area contributed by atoms with Gasteiger partial charge in [-0.3, -0.25) is 4.99 Å². The van der Waals surface area contributed by atoms with Crippen molar-refractivity contribution in [3.05, 3.63) is 52.0 Å². The zero-order valence-electron chi connectivity index (χ0n) is 9.14. The number of hydrogen-bond acceptors (Lipinski definition) is 3. The van der Waals surface area contributed by atoms with E-state index in [0.717, 1.165) is 5.56 Å². The summed E-state index contributed by atoms with van der Waals surface area (Å²) in [6, 6.07) is 9.38. The molecule has 0 aliphatic rings. The number of hydrogen-bond donors (Lipinski definition) is 2. The van der Waals surface area contributed by atoms with Gasteiger partial charge in [0.15, 0.2) is 0 Å². The zero-order chi connectivity index (χ0) is 13.1. The molecule has 0 unspecified atom stereocenters. The molecule has 0 aliphatic carbocycles. The topological polar surface area (TPSA) is 52.8 Å². The van der Waals surface area contributed by atoms with Gasteiger partial charge >= 0.3 is 0 Å². The van der Waals surface area contributed by atoms with Gasteiger partial charge in [0.1, 0.15) is 11.5 Å². The number of rotatable bonds is 2. The van der Waals surface area contributed by atoms with Crippen LogP contribution in [0.15, 0.2) is 41.4 Å². The van der Waals surface area contributed by atoms with E-state index < -0.39 is 0 Å². The fourth-order valence-electron chi connectivity index (χ4n) is 1.33. The summed E-state index contributed by atoms with van der Waals surface area (Å²) in [6.07, 6.45) is 1.59. The standard InChI is InChI=1S/C13H9Cl2NO2/c14-10-6-13(18)11(15)5-12(10)16-7-8-1-3-9(17)4-2-8/h1-7,17-18H/b16-7+. The molecule has 2 aromatic rings. The maximum atomic E-state index is 9.34. The molecule has 0 spiro atoms. The first-order valence-electron chi connectivity index (χ1n) is 5.07. The number of aromatic hydroxyl groups is 2. The van der Waals surface area contributed by atoms with Gasteiger partial charge in [-0.05, 0) is 35.9 Å². The lowest BCUT2D eigenvalue weighted by molar-refractivity contribution is 0.475. The van der Waals surface area contributed by atoms with E-state index in [-0.39, 0.29) is 16.5 Å². The first-order valence-corrected chi connectivity index (χ1v) is 5.83. The maximum Gasteiger partial charge on any atom is 0.135 e. The quantitative estimate of drug-likeness (QED) is 0.813. The molecule has 3 nitrogen and oxygen atoms in total. The second-order valence-electron chi connectivity index (χ2n) is 3.60. The molecular weight excluding hydrogens is 273 g/mol. The van der Waals surface area contributed by atoms with E-state index in [1.165, 1.54) is 12.1 Å². The summed E-state index contributed by atoms with van der Waals surface area (Å²) in [4.78, 5) is 4.17. The highest BCUT2D eigenvalue weighted by Gasteiger charge is 2.04. The third kappa shape index (κ3) is 2.94. The molecule has 0 amide bonds. The van der Waals surface area contributed by atoms with Gasteiger partial charge in [-0.1, -0.05) is 23.2 Å². The summed E-state index contributed by atoms with van der Waals surface area (Å²) < 4.78 is 0. The molecule has 0 saturated carbocycles. The number of benzene rings is 2. The highest BCUT2D eigenvalue weighted by molar-refractivity contribution is 6.36. The molecule has 0 atom stereocenters. The monoisotopic (exact) mass is 281 g/mol. The highest BCUT2D eigenvalue weighted by atomic mass is 35.5. The molecule has 92 valence electrons. The zero-order valence-corrected chi connectivity index (χ0v) is 10.7. The van der Waals surface area contributed by atoms with E-state index >= 15 is 0 Å². The van der Waals surface area contributed by atoms with Crippen LogP contribution in [0.2, 0.25) is 10.0 Å². The Morgan fingerprint density at radius 2 is 1.61 bits per heavy atom. The Morgan fingerprint density at radius 1 is 0.944 bits per heavy atom. The minimum absolute atomic E-state index is 0.0785. The van der Waals surface area contributed by atoms with Crippen molar-refractivity contribution in [2.24, 2.45) is 4.99 Å². The third-order valence-corrected chi connectivity index (χ3v) is 2.87. The molecule has 2 N–H and O–H groups in total. The fraction of sp³-hybridized carbons (Fsp3) is 0. The molecule has 0 radical (unpaired) electrons. The summed E-state index contributed by atoms with van der Waals surface area (Å²) in [7, 11) is 0. The largest absolute Gasteiger partial charge is 0.508 e. The smallest absolute Gasteiger partial charge is 0.135 e. The molecule has 0 aliphatic heterocycles. The van der Waals surface area contributed by atoms with E-state index in [0.29, 0.717) is 10.7 Å². The molecule has 2 aromatic carbocycles. The molecule has 5 heteroatoms. The van der Waals surface area contributed by atoms with Gasteiger partial charge in [0.2, 0.25) is 0 Å². The van der Waals surface area contributed by atoms with Crippen LogP contribution in [-0.2, 0) is 0 Å². The van der Waals surface area contributed by atoms with Crippen molar-refractivity contribution in [3.63, 3.8) is 0 Å². The summed E-state index contributed by atoms with van der Waals surface area (Å²) >= 11 is 11.7. The van der Waals surface area contributed by atoms with Gasteiger partial charge in [-0.25, -0.2) is 0 Å². The predicted molar refractivity (Wildman–Crippen MR) is 73.5 cm³/mol. The lowest BCUT2D eigenvalue weighted by atomic mass is 10.2. The van der Waals surface area contributed by atoms with Crippen molar-refractivity contribution >= 4 is 35.1 Å². The first kappa shape index (κ1) is 12.7. The number of aliphatic imine (C=N–C) groups is 1. The molecule has 0 fully saturated rings. The Labute approximate surface area is 114 Å². The maximum absolute atomic E-state index is 9.34. The normalized spacial score (nSPS) is 11.0. The van der Waals surface area contributed by atoms with Crippen LogP contribution in [0.25, 0.3) is 0 Å². The van der Waals surface area contributed by atoms with Gasteiger partial charge in [0.05, 0.1) is 15.7 Å². The predicted octanol–water partition coefficient (Wildman–Crippen LogP) is 4.16. The molecule has 0 aromatic heterocycles. The van der Waals surface area contributed by atoms with Crippen molar-refractivity contribution in [1.29, 1.82) is 0 Å². The summed E-state index contributed by atoms with van der Waals surface area (Å²) in [6.45, 7) is 0. The van der Waals surface area contributed by atoms with Crippen LogP contribution in [-0.4, -0.2) is 16.4 Å². The van der Waals surface area contributed by atoms with E-state index in [9.17, 15) is 5.11 Å². The van der Waals surface area contributed by atoms with E-state index in [1.807, 2.05) is 0 Å². The lowest BCUT2D eigenvalue weighted by Crippen LogP contribution is -1.79. The van der Waals surface area contributed by atoms with Crippen molar-refractivity contribution in [1.82, 2.24) is 0 Å². The molecule has 0 heterocycles. The van der Waals surface area contributed by atoms with Gasteiger partial charge in [-0.2, -0.15) is 0 Å². The Hall–Kier alpha value is -1.71. The van der Waals surface area contributed by atoms with Gasteiger partial charge < -0.3 is 10.2 Å². The second kappa shape index (κ2) is 5.29. The summed E-state index contributed by atoms with van der Waals surface area (Å²) in [5.74, 6) is 0.114. The van der Waals surface area contributed by atoms with Crippen LogP contribution < -0.4 is 0 Å². The SMILES string of the molecule is Oc1ccc(/C=N/c2cc(Cl)c(O)cc2Cl)cc1. The number of phenolic OH excluding ortho intramolecular Hbond substituents is 2. The average Bonchev–Trinajstić information content (AvgIpc) is 2.34. The van der Waals surface area contributed by atoms with E-state index in [4.69, 9.17) is 28.3 Å². The van der Waals surface area contributed by atoms with Gasteiger partial charge in [0, 0.05) is 12.3 Å². The Kier molecular flexibility index (Phi) is 3.75. The lowest BCUT2D eigenvalue weighted by Gasteiger charge is -2.01. The Morgan fingerprint density at radius 3 is 2.28 bits per heavy atom. The fourth-order valence-corrected chi connectivity index (χ4v) is 1.69. The number of halogens is 2. The molecular formula is C13H9Cl2NO2. The van der Waals surface area contributed by atoms with Gasteiger partial charge in [0.25, 0.3) is 0 Å². The first-order chi connectivity index (χ1) is 8.56. The van der Waals surface area contributed by atoms with Crippen LogP contribution in [0, 0.1) is 0 Å². The number of phenols is 2. The van der Waals surface area contributed by atoms with E-state index in [2.05, 4.69) is 4.99 Å². The van der Waals surface area contributed by atoms with E-state index in [1.54, 1.807) is 30.5 Å². The highest BCUT2D eigenvalue weighted by Crippen LogP contribution is 2.34. The second-order valence-corrected chi connectivity index (χ2v) is 4.42. The Balaban J connectivity index is 2.28. The average molecular weight is 282 g/mol. The van der Waals surface area contributed by atoms with Gasteiger partial charge in [-0.15, -0.1) is 0 Å². The van der Waals surface area contributed by atoms with Crippen LogP contribution in [0.3, 0.4) is 0 Å². The van der Waals surface area contributed by atoms with Crippen LogP contribution >= 0.6 is 23.2 Å². The van der Waals surface area contributed by atoms with Crippen molar-refractivity contribution in [3.8, 4) is 11.5 Å². The van der Waals surface area contributed by atoms with Crippen molar-refractivity contribution < 1.29 is 10.2 Å². The van der Waals surface area contributed by atoms with Crippen molar-refractivity contribution in [2.75, 3.05) is 0 Å². The molecule has 2 rings (SSSR count). The third-order valence-electron chi connectivity index (χ3n) is 2.26. The van der Waals surface area contributed by atoms with Crippen molar-refractivity contribution in [2.45, 2.75) is 0 Å². The minimum Gasteiger partial charge on any atom is -0.508 e. The minimum atomic E-state index is -0.0785. The van der Waals surface area contributed by atoms with Crippen LogP contribution in [0.4, 0.5) is 5.69 Å². The molecule has 0 saturated heterocycles. The summed E-state index contributed by atoms with van der Waals surface area (Å²) in [5.41, 5.74) is 1.28. The van der Waals surface area contributed by atoms with Crippen LogP contribution in [0.1, 0.15) is 5.56 Å². The number of nitrogens with zero attached hydrogens (tertiary/aromatic N) is 1. The molecule has 0 bridgehead atoms. The van der Waals surface area contributed by atoms with Crippen LogP contribution in [0.5, 0.6) is 11.5 Å². The summed E-state index contributed by atoms with van der Waals surface area (Å²) in [5, 5.41) is 19.0.